The zero-order valence-electron chi connectivity index (χ0n) is 10.6. The van der Waals surface area contributed by atoms with Gasteiger partial charge in [-0.25, -0.2) is 0 Å². The van der Waals surface area contributed by atoms with Gasteiger partial charge in [0.1, 0.15) is 0 Å². The molecule has 106 valence electrons. The molecule has 0 saturated carbocycles. The zero-order chi connectivity index (χ0) is 13.1. The van der Waals surface area contributed by atoms with E-state index in [0.29, 0.717) is 21.5 Å². The summed E-state index contributed by atoms with van der Waals surface area (Å²) in [5.41, 5.74) is 0.360. The van der Waals surface area contributed by atoms with Gasteiger partial charge in [0.15, 0.2) is 0 Å². The average molecular weight is 324 g/mol. The summed E-state index contributed by atoms with van der Waals surface area (Å²) in [6.45, 7) is 3.93. The molecule has 1 aliphatic rings. The summed E-state index contributed by atoms with van der Waals surface area (Å²) in [5, 5.41) is 7.04. The standard InChI is InChI=1S/C13H16Cl2N2O.ClH/c1-8-5-6-16-7-11(8)17-13(18)12-9(14)3-2-4-10(12)15;/h2-4,8,11,16H,5-7H2,1H3,(H,17,18);1H. The second kappa shape index (κ2) is 7.34. The van der Waals surface area contributed by atoms with Gasteiger partial charge in [-0.1, -0.05) is 36.2 Å². The highest BCUT2D eigenvalue weighted by atomic mass is 35.5. The van der Waals surface area contributed by atoms with Crippen molar-refractivity contribution < 1.29 is 4.79 Å². The summed E-state index contributed by atoms with van der Waals surface area (Å²) in [7, 11) is 0. The Morgan fingerprint density at radius 1 is 1.37 bits per heavy atom. The minimum absolute atomic E-state index is 0. The van der Waals surface area contributed by atoms with Gasteiger partial charge in [-0.15, -0.1) is 12.4 Å². The molecule has 1 heterocycles. The molecular formula is C13H17Cl3N2O. The lowest BCUT2D eigenvalue weighted by atomic mass is 9.94. The molecule has 3 nitrogen and oxygen atoms in total. The molecule has 1 amide bonds. The lowest BCUT2D eigenvalue weighted by Crippen LogP contribution is -2.50. The second-order valence-electron chi connectivity index (χ2n) is 4.65. The zero-order valence-corrected chi connectivity index (χ0v) is 12.9. The Bertz CT molecular complexity index is 433. The summed E-state index contributed by atoms with van der Waals surface area (Å²) in [5.74, 6) is 0.252. The van der Waals surface area contributed by atoms with Crippen molar-refractivity contribution in [3.8, 4) is 0 Å². The van der Waals surface area contributed by atoms with Gasteiger partial charge >= 0.3 is 0 Å². The Balaban J connectivity index is 0.00000180. The summed E-state index contributed by atoms with van der Waals surface area (Å²) in [6.07, 6.45) is 1.06. The van der Waals surface area contributed by atoms with Gasteiger partial charge in [-0.05, 0) is 31.0 Å². The predicted octanol–water partition coefficient (Wildman–Crippen LogP) is 3.14. The molecule has 2 atom stereocenters. The van der Waals surface area contributed by atoms with E-state index in [1.807, 2.05) is 0 Å². The number of benzene rings is 1. The Morgan fingerprint density at radius 2 is 2.00 bits per heavy atom. The van der Waals surface area contributed by atoms with Gasteiger partial charge in [0.2, 0.25) is 0 Å². The number of hydrogen-bond acceptors (Lipinski definition) is 2. The van der Waals surface area contributed by atoms with E-state index in [1.54, 1.807) is 18.2 Å². The number of hydrogen-bond donors (Lipinski definition) is 2. The quantitative estimate of drug-likeness (QED) is 0.878. The Hall–Kier alpha value is -0.480. The normalized spacial score (nSPS) is 22.5. The monoisotopic (exact) mass is 322 g/mol. The van der Waals surface area contributed by atoms with Crippen LogP contribution in [0.5, 0.6) is 0 Å². The number of piperidine rings is 1. The fourth-order valence-electron chi connectivity index (χ4n) is 2.14. The number of nitrogens with one attached hydrogen (secondary N) is 2. The van der Waals surface area contributed by atoms with Gasteiger partial charge < -0.3 is 10.6 Å². The van der Waals surface area contributed by atoms with Gasteiger partial charge in [0.25, 0.3) is 5.91 Å². The molecule has 2 N–H and O–H groups in total. The topological polar surface area (TPSA) is 41.1 Å². The molecule has 0 aliphatic carbocycles. The van der Waals surface area contributed by atoms with Crippen LogP contribution < -0.4 is 10.6 Å². The van der Waals surface area contributed by atoms with Crippen LogP contribution in [-0.4, -0.2) is 25.0 Å². The molecule has 2 unspecified atom stereocenters. The minimum atomic E-state index is -0.203. The van der Waals surface area contributed by atoms with Gasteiger partial charge in [-0.3, -0.25) is 4.79 Å². The molecule has 1 fully saturated rings. The first-order valence-corrected chi connectivity index (χ1v) is 6.80. The summed E-state index contributed by atoms with van der Waals surface area (Å²) >= 11 is 12.0. The van der Waals surface area contributed by atoms with E-state index in [0.717, 1.165) is 19.5 Å². The Labute approximate surface area is 129 Å². The molecule has 1 aromatic carbocycles. The SMILES string of the molecule is CC1CCNCC1NC(=O)c1c(Cl)cccc1Cl.Cl. The fourth-order valence-corrected chi connectivity index (χ4v) is 2.71. The van der Waals surface area contributed by atoms with Crippen LogP contribution in [0.3, 0.4) is 0 Å². The van der Waals surface area contributed by atoms with E-state index >= 15 is 0 Å². The van der Waals surface area contributed by atoms with E-state index in [-0.39, 0.29) is 24.4 Å². The Morgan fingerprint density at radius 3 is 2.58 bits per heavy atom. The summed E-state index contributed by atoms with van der Waals surface area (Å²) < 4.78 is 0. The number of carbonyl (C=O) groups excluding carboxylic acids is 1. The molecule has 0 spiro atoms. The van der Waals surface area contributed by atoms with Crippen molar-refractivity contribution in [2.45, 2.75) is 19.4 Å². The van der Waals surface area contributed by atoms with E-state index in [9.17, 15) is 4.79 Å². The average Bonchev–Trinajstić information content (AvgIpc) is 2.32. The lowest BCUT2D eigenvalue weighted by Gasteiger charge is -2.30. The maximum Gasteiger partial charge on any atom is 0.254 e. The largest absolute Gasteiger partial charge is 0.348 e. The van der Waals surface area contributed by atoms with Crippen molar-refractivity contribution >= 4 is 41.5 Å². The van der Waals surface area contributed by atoms with Crippen molar-refractivity contribution in [2.24, 2.45) is 5.92 Å². The van der Waals surface area contributed by atoms with E-state index in [1.165, 1.54) is 0 Å². The first kappa shape index (κ1) is 16.6. The van der Waals surface area contributed by atoms with Crippen LogP contribution in [-0.2, 0) is 0 Å². The molecule has 1 saturated heterocycles. The van der Waals surface area contributed by atoms with Crippen molar-refractivity contribution in [1.29, 1.82) is 0 Å². The molecule has 6 heteroatoms. The van der Waals surface area contributed by atoms with E-state index in [2.05, 4.69) is 17.6 Å². The second-order valence-corrected chi connectivity index (χ2v) is 5.46. The van der Waals surface area contributed by atoms with Crippen molar-refractivity contribution in [1.82, 2.24) is 10.6 Å². The van der Waals surface area contributed by atoms with Crippen molar-refractivity contribution in [2.75, 3.05) is 13.1 Å². The van der Waals surface area contributed by atoms with Crippen molar-refractivity contribution in [3.63, 3.8) is 0 Å². The highest BCUT2D eigenvalue weighted by Crippen LogP contribution is 2.24. The van der Waals surface area contributed by atoms with Gasteiger partial charge in [-0.2, -0.15) is 0 Å². The van der Waals surface area contributed by atoms with Crippen LogP contribution in [0.4, 0.5) is 0 Å². The van der Waals surface area contributed by atoms with Crippen LogP contribution >= 0.6 is 35.6 Å². The molecule has 1 aromatic rings. The smallest absolute Gasteiger partial charge is 0.254 e. The fraction of sp³-hybridized carbons (Fsp3) is 0.462. The number of amides is 1. The van der Waals surface area contributed by atoms with Crippen LogP contribution in [0.1, 0.15) is 23.7 Å². The maximum absolute atomic E-state index is 12.2. The molecule has 2 rings (SSSR count). The third kappa shape index (κ3) is 3.99. The molecule has 0 aromatic heterocycles. The van der Waals surface area contributed by atoms with Crippen LogP contribution in [0.2, 0.25) is 10.0 Å². The highest BCUT2D eigenvalue weighted by molar-refractivity contribution is 6.39. The molecular weight excluding hydrogens is 307 g/mol. The predicted molar refractivity (Wildman–Crippen MR) is 81.6 cm³/mol. The van der Waals surface area contributed by atoms with Crippen LogP contribution in [0, 0.1) is 5.92 Å². The van der Waals surface area contributed by atoms with Crippen LogP contribution in [0.25, 0.3) is 0 Å². The molecule has 1 aliphatic heterocycles. The number of rotatable bonds is 2. The number of carbonyl (C=O) groups is 1. The maximum atomic E-state index is 12.2. The highest BCUT2D eigenvalue weighted by Gasteiger charge is 2.24. The molecule has 0 radical (unpaired) electrons. The minimum Gasteiger partial charge on any atom is -0.348 e. The first-order chi connectivity index (χ1) is 8.59. The molecule has 19 heavy (non-hydrogen) atoms. The lowest BCUT2D eigenvalue weighted by molar-refractivity contribution is 0.0915. The van der Waals surface area contributed by atoms with E-state index < -0.39 is 0 Å². The first-order valence-electron chi connectivity index (χ1n) is 6.05. The van der Waals surface area contributed by atoms with Crippen LogP contribution in [0.15, 0.2) is 18.2 Å². The summed E-state index contributed by atoms with van der Waals surface area (Å²) in [6, 6.07) is 5.20. The van der Waals surface area contributed by atoms with E-state index in [4.69, 9.17) is 23.2 Å². The molecule has 0 bridgehead atoms. The Kier molecular flexibility index (Phi) is 6.40. The summed E-state index contributed by atoms with van der Waals surface area (Å²) in [4.78, 5) is 12.2. The number of halogens is 3. The van der Waals surface area contributed by atoms with Crippen molar-refractivity contribution in [3.05, 3.63) is 33.8 Å². The van der Waals surface area contributed by atoms with Gasteiger partial charge in [0, 0.05) is 12.6 Å². The van der Waals surface area contributed by atoms with Gasteiger partial charge in [0.05, 0.1) is 15.6 Å². The third-order valence-electron chi connectivity index (χ3n) is 3.33. The third-order valence-corrected chi connectivity index (χ3v) is 3.96.